The Hall–Kier alpha value is 0.270. The molecule has 0 unspecified atom stereocenters. The Morgan fingerprint density at radius 1 is 0.667 bits per heavy atom. The Kier molecular flexibility index (Phi) is 11.0. The zero-order valence-corrected chi connectivity index (χ0v) is 11.8. The van der Waals surface area contributed by atoms with Gasteiger partial charge in [0.15, 0.2) is 0 Å². The number of hydrogen-bond acceptors (Lipinski definition) is 3. The van der Waals surface area contributed by atoms with E-state index in [1.807, 2.05) is 0 Å². The first-order chi connectivity index (χ1) is 7.13. The van der Waals surface area contributed by atoms with E-state index in [9.17, 15) is 0 Å². The fourth-order valence-electron chi connectivity index (χ4n) is 1.37. The largest absolute Gasteiger partial charge is 0.309 e. The molecule has 0 radical (unpaired) electrons. The Morgan fingerprint density at radius 2 is 1.07 bits per heavy atom. The quantitative estimate of drug-likeness (QED) is 0.534. The molecule has 0 N–H and O–H groups in total. The van der Waals surface area contributed by atoms with Crippen LogP contribution in [0.4, 0.5) is 0 Å². The molecule has 0 aliphatic carbocycles. The van der Waals surface area contributed by atoms with Crippen LogP contribution in [-0.2, 0) is 0 Å². The molecular weight excluding hydrogens is 204 g/mol. The first-order valence-corrected chi connectivity index (χ1v) is 7.15. The Bertz CT molecular complexity index is 113. The predicted molar refractivity (Wildman–Crippen MR) is 72.9 cm³/mol. The van der Waals surface area contributed by atoms with Gasteiger partial charge in [-0.1, -0.05) is 0 Å². The maximum atomic E-state index is 2.27. The third-order valence-corrected chi connectivity index (χ3v) is 3.44. The molecule has 2 nitrogen and oxygen atoms in total. The van der Waals surface area contributed by atoms with Crippen LogP contribution in [0.25, 0.3) is 0 Å². The lowest BCUT2D eigenvalue weighted by atomic mass is 10.3. The number of thioether (sulfide) groups is 1. The molecule has 0 amide bonds. The van der Waals surface area contributed by atoms with E-state index in [1.165, 1.54) is 50.3 Å². The summed E-state index contributed by atoms with van der Waals surface area (Å²) in [6.07, 6.45) is 5.43. The van der Waals surface area contributed by atoms with Crippen LogP contribution in [-0.4, -0.2) is 62.6 Å². The van der Waals surface area contributed by atoms with Gasteiger partial charge in [-0.05, 0) is 78.5 Å². The average molecular weight is 232 g/mol. The topological polar surface area (TPSA) is 6.48 Å². The highest BCUT2D eigenvalue weighted by molar-refractivity contribution is 7.99. The van der Waals surface area contributed by atoms with Crippen molar-refractivity contribution in [2.24, 2.45) is 0 Å². The molecule has 0 bridgehead atoms. The van der Waals surface area contributed by atoms with Crippen molar-refractivity contribution in [3.05, 3.63) is 0 Å². The zero-order valence-electron chi connectivity index (χ0n) is 11.0. The van der Waals surface area contributed by atoms with Gasteiger partial charge < -0.3 is 9.80 Å². The number of nitrogens with zero attached hydrogens (tertiary/aromatic N) is 2. The summed E-state index contributed by atoms with van der Waals surface area (Å²) in [5.41, 5.74) is 0. The van der Waals surface area contributed by atoms with Gasteiger partial charge in [0.2, 0.25) is 0 Å². The van der Waals surface area contributed by atoms with Crippen molar-refractivity contribution >= 4 is 11.8 Å². The highest BCUT2D eigenvalue weighted by Gasteiger charge is 1.94. The van der Waals surface area contributed by atoms with Crippen LogP contribution in [0.3, 0.4) is 0 Å². The maximum Gasteiger partial charge on any atom is -0.00245 e. The number of rotatable bonds is 10. The minimum atomic E-state index is 1.24. The lowest BCUT2D eigenvalue weighted by Crippen LogP contribution is -2.13. The van der Waals surface area contributed by atoms with E-state index in [0.29, 0.717) is 0 Å². The molecule has 0 aliphatic rings. The van der Waals surface area contributed by atoms with Gasteiger partial charge in [-0.15, -0.1) is 0 Å². The lowest BCUT2D eigenvalue weighted by molar-refractivity contribution is 0.398. The SMILES string of the molecule is CN(C)CCCCSCCCCN(C)C. The summed E-state index contributed by atoms with van der Waals surface area (Å²) < 4.78 is 0. The normalized spacial score (nSPS) is 11.6. The van der Waals surface area contributed by atoms with Gasteiger partial charge in [0.25, 0.3) is 0 Å². The molecule has 0 rings (SSSR count). The number of unbranched alkanes of at least 4 members (excludes halogenated alkanes) is 2. The Morgan fingerprint density at radius 3 is 1.40 bits per heavy atom. The first-order valence-electron chi connectivity index (χ1n) is 6.00. The molecule has 0 aromatic carbocycles. The summed E-state index contributed by atoms with van der Waals surface area (Å²) in [5, 5.41) is 0. The molecule has 3 heteroatoms. The van der Waals surface area contributed by atoms with Crippen LogP contribution in [0, 0.1) is 0 Å². The lowest BCUT2D eigenvalue weighted by Gasteiger charge is -2.09. The summed E-state index contributed by atoms with van der Waals surface area (Å²) in [7, 11) is 8.59. The van der Waals surface area contributed by atoms with Crippen LogP contribution in [0.15, 0.2) is 0 Å². The van der Waals surface area contributed by atoms with Crippen LogP contribution in [0.1, 0.15) is 25.7 Å². The molecule has 0 fully saturated rings. The van der Waals surface area contributed by atoms with Crippen LogP contribution in [0.5, 0.6) is 0 Å². The van der Waals surface area contributed by atoms with E-state index >= 15 is 0 Å². The van der Waals surface area contributed by atoms with Gasteiger partial charge >= 0.3 is 0 Å². The van der Waals surface area contributed by atoms with Gasteiger partial charge in [-0.3, -0.25) is 0 Å². The van der Waals surface area contributed by atoms with Crippen molar-refractivity contribution in [2.45, 2.75) is 25.7 Å². The molecule has 15 heavy (non-hydrogen) atoms. The molecule has 0 aromatic rings. The molecule has 0 heterocycles. The van der Waals surface area contributed by atoms with Crippen molar-refractivity contribution in [1.82, 2.24) is 9.80 Å². The second-order valence-corrected chi connectivity index (χ2v) is 5.86. The fraction of sp³-hybridized carbons (Fsp3) is 1.00. The van der Waals surface area contributed by atoms with E-state index in [2.05, 4.69) is 49.8 Å². The molecule has 0 saturated carbocycles. The monoisotopic (exact) mass is 232 g/mol. The second kappa shape index (κ2) is 10.8. The van der Waals surface area contributed by atoms with Crippen LogP contribution in [0.2, 0.25) is 0 Å². The van der Waals surface area contributed by atoms with E-state index in [4.69, 9.17) is 0 Å². The van der Waals surface area contributed by atoms with Crippen molar-refractivity contribution in [1.29, 1.82) is 0 Å². The molecular formula is C12H28N2S. The average Bonchev–Trinajstić information content (AvgIpc) is 2.14. The van der Waals surface area contributed by atoms with E-state index in [0.717, 1.165) is 0 Å². The van der Waals surface area contributed by atoms with E-state index < -0.39 is 0 Å². The minimum absolute atomic E-state index is 1.24. The van der Waals surface area contributed by atoms with Gasteiger partial charge in [0.05, 0.1) is 0 Å². The zero-order chi connectivity index (χ0) is 11.5. The minimum Gasteiger partial charge on any atom is -0.309 e. The van der Waals surface area contributed by atoms with Gasteiger partial charge in [0, 0.05) is 0 Å². The molecule has 92 valence electrons. The molecule has 0 atom stereocenters. The third kappa shape index (κ3) is 14.3. The van der Waals surface area contributed by atoms with Crippen molar-refractivity contribution < 1.29 is 0 Å². The first kappa shape index (κ1) is 15.3. The van der Waals surface area contributed by atoms with Gasteiger partial charge in [-0.2, -0.15) is 11.8 Å². The highest BCUT2D eigenvalue weighted by Crippen LogP contribution is 2.08. The van der Waals surface area contributed by atoms with E-state index in [-0.39, 0.29) is 0 Å². The van der Waals surface area contributed by atoms with E-state index in [1.54, 1.807) is 0 Å². The second-order valence-electron chi connectivity index (χ2n) is 4.63. The molecule has 0 spiro atoms. The predicted octanol–water partition coefficient (Wildman–Crippen LogP) is 2.40. The van der Waals surface area contributed by atoms with Crippen molar-refractivity contribution in [3.8, 4) is 0 Å². The summed E-state index contributed by atoms with van der Waals surface area (Å²) in [6, 6.07) is 0. The standard InChI is InChI=1S/C12H28N2S/c1-13(2)9-5-7-11-15-12-8-6-10-14(3)4/h5-12H2,1-4H3. The summed E-state index contributed by atoms with van der Waals surface area (Å²) in [4.78, 5) is 4.53. The van der Waals surface area contributed by atoms with Crippen LogP contribution >= 0.6 is 11.8 Å². The van der Waals surface area contributed by atoms with Crippen LogP contribution < -0.4 is 0 Å². The number of hydrogen-bond donors (Lipinski definition) is 0. The third-order valence-electron chi connectivity index (χ3n) is 2.29. The van der Waals surface area contributed by atoms with Crippen molar-refractivity contribution in [3.63, 3.8) is 0 Å². The summed E-state index contributed by atoms with van der Waals surface area (Å²) >= 11 is 2.12. The highest BCUT2D eigenvalue weighted by atomic mass is 32.2. The fourth-order valence-corrected chi connectivity index (χ4v) is 2.39. The Labute approximate surface area is 100 Å². The molecule has 0 saturated heterocycles. The summed E-state index contributed by atoms with van der Waals surface area (Å²) in [5.74, 6) is 2.69. The molecule has 0 aromatic heterocycles. The van der Waals surface area contributed by atoms with Crippen molar-refractivity contribution in [2.75, 3.05) is 52.8 Å². The molecule has 0 aliphatic heterocycles. The van der Waals surface area contributed by atoms with Gasteiger partial charge in [0.1, 0.15) is 0 Å². The van der Waals surface area contributed by atoms with Gasteiger partial charge in [-0.25, -0.2) is 0 Å². The summed E-state index contributed by atoms with van der Waals surface area (Å²) in [6.45, 7) is 2.47. The maximum absolute atomic E-state index is 2.27. The smallest absolute Gasteiger partial charge is 0.00245 e. The Balaban J connectivity index is 2.93.